The Morgan fingerprint density at radius 1 is 0.955 bits per heavy atom. The van der Waals surface area contributed by atoms with E-state index in [1.807, 2.05) is 42.6 Å². The lowest BCUT2D eigenvalue weighted by molar-refractivity contribution is 0.302. The highest BCUT2D eigenvalue weighted by Gasteiger charge is 2.24. The van der Waals surface area contributed by atoms with Crippen molar-refractivity contribution in [1.29, 1.82) is 0 Å². The number of hydrogen-bond donors (Lipinski definition) is 1. The zero-order valence-electron chi connectivity index (χ0n) is 11.9. The third-order valence-electron chi connectivity index (χ3n) is 3.80. The summed E-state index contributed by atoms with van der Waals surface area (Å²) in [6, 6.07) is 16.1. The Balaban J connectivity index is 1.84. The van der Waals surface area contributed by atoms with Crippen LogP contribution in [0.2, 0.25) is 0 Å². The van der Waals surface area contributed by atoms with Gasteiger partial charge in [0.15, 0.2) is 0 Å². The van der Waals surface area contributed by atoms with E-state index in [0.29, 0.717) is 6.61 Å². The van der Waals surface area contributed by atoms with Crippen molar-refractivity contribution >= 4 is 5.69 Å². The molecule has 1 atom stereocenters. The van der Waals surface area contributed by atoms with E-state index in [4.69, 9.17) is 4.74 Å². The molecule has 4 rings (SSSR count). The third-order valence-corrected chi connectivity index (χ3v) is 3.80. The molecule has 0 radical (unpaired) electrons. The molecule has 0 aliphatic carbocycles. The number of rotatable bonds is 2. The van der Waals surface area contributed by atoms with Crippen molar-refractivity contribution in [2.45, 2.75) is 12.6 Å². The zero-order chi connectivity index (χ0) is 14.8. The van der Waals surface area contributed by atoms with Gasteiger partial charge in [-0.2, -0.15) is 0 Å². The lowest BCUT2D eigenvalue weighted by Gasteiger charge is -2.21. The first-order valence-electron chi connectivity index (χ1n) is 7.24. The van der Waals surface area contributed by atoms with Crippen molar-refractivity contribution in [1.82, 2.24) is 9.97 Å². The second-order valence-electron chi connectivity index (χ2n) is 5.18. The third kappa shape index (κ3) is 2.29. The summed E-state index contributed by atoms with van der Waals surface area (Å²) < 4.78 is 5.92. The molecular formula is C18H15N3O. The number of fused-ring (bicyclic) bond motifs is 2. The van der Waals surface area contributed by atoms with Gasteiger partial charge in [-0.25, -0.2) is 0 Å². The van der Waals surface area contributed by atoms with Crippen molar-refractivity contribution < 1.29 is 4.74 Å². The Hall–Kier alpha value is -2.88. The van der Waals surface area contributed by atoms with Crippen LogP contribution in [0.4, 0.5) is 5.69 Å². The first-order valence-corrected chi connectivity index (χ1v) is 7.24. The molecule has 0 spiro atoms. The summed E-state index contributed by atoms with van der Waals surface area (Å²) in [6.45, 7) is 0.485. The first kappa shape index (κ1) is 12.8. The average Bonchev–Trinajstić information content (AvgIpc) is 2.74. The maximum Gasteiger partial charge on any atom is 0.131 e. The number of ether oxygens (including phenoxy) is 1. The average molecular weight is 289 g/mol. The molecule has 1 unspecified atom stereocenters. The molecule has 4 nitrogen and oxygen atoms in total. The molecule has 4 heteroatoms. The molecule has 3 heterocycles. The van der Waals surface area contributed by atoms with E-state index in [1.165, 1.54) is 0 Å². The minimum atomic E-state index is -0.00778. The summed E-state index contributed by atoms with van der Waals surface area (Å²) in [4.78, 5) is 8.65. The smallest absolute Gasteiger partial charge is 0.131 e. The highest BCUT2D eigenvalue weighted by Crippen LogP contribution is 2.36. The number of hydrogen-bond acceptors (Lipinski definition) is 4. The van der Waals surface area contributed by atoms with Crippen LogP contribution in [0.15, 0.2) is 67.1 Å². The molecular weight excluding hydrogens is 274 g/mol. The van der Waals surface area contributed by atoms with Crippen LogP contribution in [0.25, 0.3) is 0 Å². The predicted octanol–water partition coefficient (Wildman–Crippen LogP) is 3.57. The summed E-state index contributed by atoms with van der Waals surface area (Å²) in [5.41, 5.74) is 4.17. The Morgan fingerprint density at radius 3 is 2.73 bits per heavy atom. The fraction of sp³-hybridized carbons (Fsp3) is 0.111. The van der Waals surface area contributed by atoms with Gasteiger partial charge in [0.1, 0.15) is 12.4 Å². The van der Waals surface area contributed by atoms with Crippen LogP contribution in [-0.2, 0) is 6.61 Å². The molecule has 1 aliphatic heterocycles. The second kappa shape index (κ2) is 5.48. The largest absolute Gasteiger partial charge is 0.487 e. The maximum atomic E-state index is 5.92. The minimum Gasteiger partial charge on any atom is -0.487 e. The van der Waals surface area contributed by atoms with Crippen LogP contribution >= 0.6 is 0 Å². The number of aromatic nitrogens is 2. The van der Waals surface area contributed by atoms with Crippen LogP contribution in [0, 0.1) is 0 Å². The van der Waals surface area contributed by atoms with E-state index in [9.17, 15) is 0 Å². The second-order valence-corrected chi connectivity index (χ2v) is 5.18. The summed E-state index contributed by atoms with van der Waals surface area (Å²) in [7, 11) is 0. The summed E-state index contributed by atoms with van der Waals surface area (Å²) in [5.74, 6) is 0.891. The van der Waals surface area contributed by atoms with Crippen LogP contribution in [-0.4, -0.2) is 9.97 Å². The molecule has 0 amide bonds. The van der Waals surface area contributed by atoms with Gasteiger partial charge >= 0.3 is 0 Å². The van der Waals surface area contributed by atoms with E-state index < -0.39 is 0 Å². The van der Waals surface area contributed by atoms with E-state index in [2.05, 4.69) is 27.4 Å². The van der Waals surface area contributed by atoms with Gasteiger partial charge < -0.3 is 10.1 Å². The number of nitrogens with one attached hydrogen (secondary N) is 1. The molecule has 1 aromatic carbocycles. The quantitative estimate of drug-likeness (QED) is 0.783. The molecule has 2 aromatic heterocycles. The maximum absolute atomic E-state index is 5.92. The Morgan fingerprint density at radius 2 is 1.82 bits per heavy atom. The fourth-order valence-electron chi connectivity index (χ4n) is 2.77. The fourth-order valence-corrected chi connectivity index (χ4v) is 2.77. The number of nitrogens with zero attached hydrogens (tertiary/aromatic N) is 2. The van der Waals surface area contributed by atoms with E-state index in [1.54, 1.807) is 12.4 Å². The van der Waals surface area contributed by atoms with Gasteiger partial charge in [-0.15, -0.1) is 0 Å². The molecule has 0 saturated heterocycles. The number of anilines is 1. The van der Waals surface area contributed by atoms with Gasteiger partial charge in [0.25, 0.3) is 0 Å². The molecule has 0 bridgehead atoms. The van der Waals surface area contributed by atoms with Crippen molar-refractivity contribution in [3.63, 3.8) is 0 Å². The van der Waals surface area contributed by atoms with Crippen LogP contribution in [0.5, 0.6) is 5.75 Å². The zero-order valence-corrected chi connectivity index (χ0v) is 11.9. The van der Waals surface area contributed by atoms with E-state index in [0.717, 1.165) is 28.3 Å². The van der Waals surface area contributed by atoms with Gasteiger partial charge in [-0.05, 0) is 24.3 Å². The van der Waals surface area contributed by atoms with E-state index >= 15 is 0 Å². The summed E-state index contributed by atoms with van der Waals surface area (Å²) in [5, 5.41) is 3.55. The lowest BCUT2D eigenvalue weighted by atomic mass is 9.97. The Bertz CT molecular complexity index is 742. The van der Waals surface area contributed by atoms with Gasteiger partial charge in [-0.1, -0.05) is 24.3 Å². The Kier molecular flexibility index (Phi) is 3.20. The van der Waals surface area contributed by atoms with Gasteiger partial charge in [0.05, 0.1) is 17.4 Å². The highest BCUT2D eigenvalue weighted by molar-refractivity contribution is 5.52. The molecule has 1 aliphatic rings. The topological polar surface area (TPSA) is 47.0 Å². The lowest BCUT2D eigenvalue weighted by Crippen LogP contribution is -2.13. The van der Waals surface area contributed by atoms with Crippen LogP contribution in [0.1, 0.15) is 22.9 Å². The van der Waals surface area contributed by atoms with Crippen molar-refractivity contribution in [3.8, 4) is 5.75 Å². The number of benzene rings is 1. The van der Waals surface area contributed by atoms with Gasteiger partial charge in [0.2, 0.25) is 0 Å². The molecule has 0 saturated carbocycles. The molecule has 1 N–H and O–H groups in total. The number of pyridine rings is 2. The molecule has 22 heavy (non-hydrogen) atoms. The minimum absolute atomic E-state index is 0.00778. The number of para-hydroxylation sites is 1. The van der Waals surface area contributed by atoms with Crippen molar-refractivity contribution in [3.05, 3.63) is 83.9 Å². The standard InChI is InChI=1S/C18H15N3O/c1-2-8-17-15(6-1)18(21-13-5-3-9-19-11-13)14-7-4-10-20-16(14)12-22-17/h1-11,18,21H,12H2. The van der Waals surface area contributed by atoms with Gasteiger partial charge in [0, 0.05) is 29.7 Å². The molecule has 3 aromatic rings. The predicted molar refractivity (Wildman–Crippen MR) is 84.7 cm³/mol. The molecule has 108 valence electrons. The SMILES string of the molecule is c1cncc(NC2c3ccccc3OCc3ncccc32)c1. The van der Waals surface area contributed by atoms with Crippen LogP contribution < -0.4 is 10.1 Å². The van der Waals surface area contributed by atoms with Crippen LogP contribution in [0.3, 0.4) is 0 Å². The molecule has 0 fully saturated rings. The van der Waals surface area contributed by atoms with E-state index in [-0.39, 0.29) is 6.04 Å². The first-order chi connectivity index (χ1) is 10.9. The van der Waals surface area contributed by atoms with Crippen molar-refractivity contribution in [2.75, 3.05) is 5.32 Å². The highest BCUT2D eigenvalue weighted by atomic mass is 16.5. The van der Waals surface area contributed by atoms with Gasteiger partial charge in [-0.3, -0.25) is 9.97 Å². The van der Waals surface area contributed by atoms with Crippen molar-refractivity contribution in [2.24, 2.45) is 0 Å². The summed E-state index contributed by atoms with van der Waals surface area (Å²) in [6.07, 6.45) is 5.40. The summed E-state index contributed by atoms with van der Waals surface area (Å²) >= 11 is 0. The Labute approximate surface area is 128 Å². The normalized spacial score (nSPS) is 15.9. The monoisotopic (exact) mass is 289 g/mol.